The van der Waals surface area contributed by atoms with Gasteiger partial charge in [0, 0.05) is 12.7 Å². The summed E-state index contributed by atoms with van der Waals surface area (Å²) < 4.78 is 34.0. The number of fused-ring (bicyclic) bond motifs is 1. The van der Waals surface area contributed by atoms with Crippen molar-refractivity contribution < 1.29 is 13.2 Å². The van der Waals surface area contributed by atoms with E-state index in [1.54, 1.807) is 36.4 Å². The molecule has 31 heavy (non-hydrogen) atoms. The second-order valence-electron chi connectivity index (χ2n) is 7.36. The van der Waals surface area contributed by atoms with Gasteiger partial charge in [0.15, 0.2) is 0 Å². The summed E-state index contributed by atoms with van der Waals surface area (Å²) in [6.45, 7) is 4.75. The molecule has 4 aromatic rings. The minimum absolute atomic E-state index is 0.0919. The highest BCUT2D eigenvalue weighted by Crippen LogP contribution is 2.24. The average Bonchev–Trinajstić information content (AvgIpc) is 2.78. The van der Waals surface area contributed by atoms with Crippen LogP contribution in [0.1, 0.15) is 18.1 Å². The zero-order chi connectivity index (χ0) is 22.0. The van der Waals surface area contributed by atoms with Crippen molar-refractivity contribution >= 4 is 20.7 Å². The number of nitrogens with zero attached hydrogens (tertiary/aromatic N) is 1. The molecule has 1 heterocycles. The Morgan fingerprint density at radius 3 is 2.32 bits per heavy atom. The number of rotatable bonds is 6. The van der Waals surface area contributed by atoms with Crippen LogP contribution >= 0.6 is 0 Å². The molecule has 1 aromatic heterocycles. The smallest absolute Gasteiger partial charge is 0.211 e. The van der Waals surface area contributed by atoms with Crippen LogP contribution in [0.5, 0.6) is 5.75 Å². The molecule has 4 rings (SSSR count). The van der Waals surface area contributed by atoms with Gasteiger partial charge in [0.05, 0.1) is 22.4 Å². The summed E-state index contributed by atoms with van der Waals surface area (Å²) in [6.07, 6.45) is 1.45. The Balaban J connectivity index is 1.96. The van der Waals surface area contributed by atoms with Crippen LogP contribution in [0.25, 0.3) is 10.9 Å². The number of hydrogen-bond acceptors (Lipinski definition) is 4. The van der Waals surface area contributed by atoms with Gasteiger partial charge in [-0.3, -0.25) is 4.79 Å². The molecule has 0 aliphatic carbocycles. The first kappa shape index (κ1) is 20.9. The summed E-state index contributed by atoms with van der Waals surface area (Å²) in [5, 5.41) is 0.315. The Morgan fingerprint density at radius 1 is 0.935 bits per heavy atom. The van der Waals surface area contributed by atoms with Crippen LogP contribution < -0.4 is 10.2 Å². The van der Waals surface area contributed by atoms with Gasteiger partial charge in [-0.15, -0.1) is 0 Å². The second kappa shape index (κ2) is 8.40. The molecule has 158 valence electrons. The van der Waals surface area contributed by atoms with Gasteiger partial charge in [-0.2, -0.15) is 0 Å². The van der Waals surface area contributed by atoms with E-state index in [1.165, 1.54) is 18.3 Å². The van der Waals surface area contributed by atoms with E-state index in [0.29, 0.717) is 29.8 Å². The minimum atomic E-state index is -3.98. The van der Waals surface area contributed by atoms with Gasteiger partial charge in [0.25, 0.3) is 0 Å². The lowest BCUT2D eigenvalue weighted by Gasteiger charge is -2.15. The highest BCUT2D eigenvalue weighted by atomic mass is 32.2. The van der Waals surface area contributed by atoms with Crippen LogP contribution in [0.3, 0.4) is 0 Å². The minimum Gasteiger partial charge on any atom is -0.494 e. The number of benzene rings is 3. The Labute approximate surface area is 181 Å². The van der Waals surface area contributed by atoms with Gasteiger partial charge >= 0.3 is 0 Å². The van der Waals surface area contributed by atoms with Crippen molar-refractivity contribution in [1.29, 1.82) is 0 Å². The fourth-order valence-electron chi connectivity index (χ4n) is 3.55. The quantitative estimate of drug-likeness (QED) is 0.446. The predicted molar refractivity (Wildman–Crippen MR) is 122 cm³/mol. The zero-order valence-electron chi connectivity index (χ0n) is 17.4. The number of hydrogen-bond donors (Lipinski definition) is 0. The molecule has 3 aromatic carbocycles. The van der Waals surface area contributed by atoms with Crippen molar-refractivity contribution in [2.45, 2.75) is 30.2 Å². The van der Waals surface area contributed by atoms with Crippen LogP contribution in [0.15, 0.2) is 93.6 Å². The molecular formula is C25H23NO4S. The third-order valence-corrected chi connectivity index (χ3v) is 6.91. The highest BCUT2D eigenvalue weighted by molar-refractivity contribution is 7.91. The number of sulfone groups is 1. The summed E-state index contributed by atoms with van der Waals surface area (Å²) in [5.41, 5.74) is 2.27. The van der Waals surface area contributed by atoms with Gasteiger partial charge < -0.3 is 9.30 Å². The van der Waals surface area contributed by atoms with Crippen molar-refractivity contribution in [2.24, 2.45) is 0 Å². The third-order valence-electron chi connectivity index (χ3n) is 5.15. The maximum Gasteiger partial charge on any atom is 0.211 e. The normalized spacial score (nSPS) is 11.5. The number of aryl methyl sites for hydroxylation is 1. The van der Waals surface area contributed by atoms with Crippen molar-refractivity contribution in [2.75, 3.05) is 6.61 Å². The molecule has 0 saturated carbocycles. The Kier molecular flexibility index (Phi) is 5.65. The molecule has 0 atom stereocenters. The van der Waals surface area contributed by atoms with Crippen LogP contribution in [0.4, 0.5) is 0 Å². The molecule has 0 amide bonds. The van der Waals surface area contributed by atoms with Crippen molar-refractivity contribution in [3.05, 3.63) is 100 Å². The average molecular weight is 434 g/mol. The van der Waals surface area contributed by atoms with Gasteiger partial charge in [0.2, 0.25) is 15.3 Å². The van der Waals surface area contributed by atoms with E-state index in [2.05, 4.69) is 0 Å². The first-order valence-electron chi connectivity index (χ1n) is 10.1. The van der Waals surface area contributed by atoms with Crippen LogP contribution in [0.2, 0.25) is 0 Å². The van der Waals surface area contributed by atoms with E-state index < -0.39 is 15.3 Å². The van der Waals surface area contributed by atoms with Gasteiger partial charge in [-0.05, 0) is 49.7 Å². The summed E-state index contributed by atoms with van der Waals surface area (Å²) in [4.78, 5) is 13.2. The van der Waals surface area contributed by atoms with Crippen molar-refractivity contribution in [1.82, 2.24) is 4.57 Å². The van der Waals surface area contributed by atoms with Gasteiger partial charge in [-0.25, -0.2) is 8.42 Å². The molecule has 0 bridgehead atoms. The first-order valence-corrected chi connectivity index (χ1v) is 11.5. The molecule has 6 heteroatoms. The largest absolute Gasteiger partial charge is 0.494 e. The zero-order valence-corrected chi connectivity index (χ0v) is 18.2. The number of pyridine rings is 1. The molecule has 0 fully saturated rings. The lowest BCUT2D eigenvalue weighted by Crippen LogP contribution is -2.19. The molecule has 0 aliphatic heterocycles. The summed E-state index contributed by atoms with van der Waals surface area (Å²) >= 11 is 0. The van der Waals surface area contributed by atoms with E-state index in [9.17, 15) is 13.2 Å². The van der Waals surface area contributed by atoms with E-state index in [0.717, 1.165) is 11.1 Å². The molecule has 0 saturated heterocycles. The summed E-state index contributed by atoms with van der Waals surface area (Å²) in [5.74, 6) is 0.531. The molecule has 0 spiro atoms. The SMILES string of the molecule is CCOc1ccc2c(c1)c(=O)c(S(=O)(=O)c1ccccc1)cn2Cc1ccc(C)cc1. The topological polar surface area (TPSA) is 65.4 Å². The molecular weight excluding hydrogens is 410 g/mol. The van der Waals surface area contributed by atoms with E-state index in [1.807, 2.05) is 42.7 Å². The van der Waals surface area contributed by atoms with Gasteiger partial charge in [0.1, 0.15) is 10.6 Å². The van der Waals surface area contributed by atoms with Crippen LogP contribution in [0, 0.1) is 6.92 Å². The predicted octanol–water partition coefficient (Wildman–Crippen LogP) is 4.59. The molecule has 0 N–H and O–H groups in total. The van der Waals surface area contributed by atoms with Crippen molar-refractivity contribution in [3.8, 4) is 5.75 Å². The molecule has 5 nitrogen and oxygen atoms in total. The second-order valence-corrected chi connectivity index (χ2v) is 9.28. The number of aromatic nitrogens is 1. The molecule has 0 aliphatic rings. The molecule has 0 unspecified atom stereocenters. The standard InChI is InChI=1S/C25H23NO4S/c1-3-30-20-13-14-23-22(15-20)25(27)24(31(28,29)21-7-5-4-6-8-21)17-26(23)16-19-11-9-18(2)10-12-19/h4-15,17H,3,16H2,1-2H3. The molecule has 0 radical (unpaired) electrons. The summed E-state index contributed by atoms with van der Waals surface area (Å²) in [6, 6.07) is 21.3. The lowest BCUT2D eigenvalue weighted by molar-refractivity contribution is 0.340. The van der Waals surface area contributed by atoms with Gasteiger partial charge in [-0.1, -0.05) is 48.0 Å². The Bertz CT molecular complexity index is 1390. The highest BCUT2D eigenvalue weighted by Gasteiger charge is 2.24. The van der Waals surface area contributed by atoms with E-state index in [4.69, 9.17) is 4.74 Å². The van der Waals surface area contributed by atoms with Crippen LogP contribution in [-0.2, 0) is 16.4 Å². The van der Waals surface area contributed by atoms with Crippen molar-refractivity contribution in [3.63, 3.8) is 0 Å². The lowest BCUT2D eigenvalue weighted by atomic mass is 10.1. The van der Waals surface area contributed by atoms with E-state index >= 15 is 0 Å². The maximum atomic E-state index is 13.3. The number of ether oxygens (including phenoxy) is 1. The Morgan fingerprint density at radius 2 is 1.65 bits per heavy atom. The maximum absolute atomic E-state index is 13.3. The van der Waals surface area contributed by atoms with E-state index in [-0.39, 0.29) is 9.79 Å². The fourth-order valence-corrected chi connectivity index (χ4v) is 4.93. The first-order chi connectivity index (χ1) is 14.9. The fraction of sp³-hybridized carbons (Fsp3) is 0.160. The Hall–Kier alpha value is -3.38. The third kappa shape index (κ3) is 4.11. The summed E-state index contributed by atoms with van der Waals surface area (Å²) in [7, 11) is -3.98. The van der Waals surface area contributed by atoms with Crippen LogP contribution in [-0.4, -0.2) is 19.6 Å². The monoisotopic (exact) mass is 433 g/mol.